The minimum absolute atomic E-state index is 0.00222. The van der Waals surface area contributed by atoms with Crippen molar-refractivity contribution in [1.82, 2.24) is 0 Å². The van der Waals surface area contributed by atoms with E-state index in [1.807, 2.05) is 30.4 Å². The molecule has 0 unspecified atom stereocenters. The fraction of sp³-hybridized carbons (Fsp3) is 0.667. The second-order valence-corrected chi connectivity index (χ2v) is 9.54. The number of allylic oxidation sites excluding steroid dienone is 2. The van der Waals surface area contributed by atoms with Crippen LogP contribution in [0.1, 0.15) is 69.8 Å². The van der Waals surface area contributed by atoms with Crippen LogP contribution in [0.15, 0.2) is 42.5 Å². The van der Waals surface area contributed by atoms with Crippen LogP contribution in [-0.4, -0.2) is 57.9 Å². The lowest BCUT2D eigenvalue weighted by molar-refractivity contribution is -0.757. The monoisotopic (exact) mass is 507 g/mol. The summed E-state index contributed by atoms with van der Waals surface area (Å²) in [5.74, 6) is -0.373. The van der Waals surface area contributed by atoms with Crippen LogP contribution in [0.25, 0.3) is 0 Å². The van der Waals surface area contributed by atoms with E-state index < -0.39 is 23.4 Å². The summed E-state index contributed by atoms with van der Waals surface area (Å²) in [4.78, 5) is 26.0. The zero-order chi connectivity index (χ0) is 26.2. The lowest BCUT2D eigenvalue weighted by Gasteiger charge is -2.23. The number of aliphatic hydroxyl groups excluding tert-OH is 3. The van der Waals surface area contributed by atoms with E-state index in [0.717, 1.165) is 6.42 Å². The van der Waals surface area contributed by atoms with Gasteiger partial charge in [0.15, 0.2) is 0 Å². The van der Waals surface area contributed by atoms with Crippen LogP contribution in [0.4, 0.5) is 0 Å². The first-order valence-electron chi connectivity index (χ1n) is 13.0. The summed E-state index contributed by atoms with van der Waals surface area (Å²) in [6, 6.07) is 10.1. The molecule has 1 aliphatic carbocycles. The molecule has 0 spiro atoms. The van der Waals surface area contributed by atoms with Crippen molar-refractivity contribution in [2.75, 3.05) is 13.2 Å². The van der Waals surface area contributed by atoms with Gasteiger partial charge >= 0.3 is 5.97 Å². The first kappa shape index (κ1) is 29.7. The van der Waals surface area contributed by atoms with Crippen molar-refractivity contribution in [3.63, 3.8) is 0 Å². The molecule has 0 bridgehead atoms. The number of unbranched alkanes of at least 4 members (excludes halogenated alkanes) is 2. The van der Waals surface area contributed by atoms with E-state index in [0.29, 0.717) is 64.2 Å². The molecule has 36 heavy (non-hydrogen) atoms. The highest BCUT2D eigenvalue weighted by molar-refractivity contribution is 5.69. The number of benzene rings is 1. The Morgan fingerprint density at radius 1 is 1.06 bits per heavy atom. The van der Waals surface area contributed by atoms with Crippen LogP contribution in [0.2, 0.25) is 0 Å². The smallest absolute Gasteiger partial charge is 0.305 e. The van der Waals surface area contributed by atoms with Gasteiger partial charge in [-0.25, -0.2) is 0 Å². The molecule has 1 aliphatic rings. The van der Waals surface area contributed by atoms with Gasteiger partial charge in [-0.2, -0.15) is 0 Å². The highest BCUT2D eigenvalue weighted by Gasteiger charge is 2.40. The summed E-state index contributed by atoms with van der Waals surface area (Å²) >= 11 is 0. The van der Waals surface area contributed by atoms with Gasteiger partial charge in [0.2, 0.25) is 0 Å². The Morgan fingerprint density at radius 3 is 2.53 bits per heavy atom. The number of carbonyl (C=O) groups excluding carboxylic acids is 1. The van der Waals surface area contributed by atoms with Crippen LogP contribution in [0.5, 0.6) is 0 Å². The maximum absolute atomic E-state index is 11.7. The minimum Gasteiger partial charge on any atom is -0.466 e. The molecule has 0 aliphatic heterocycles. The van der Waals surface area contributed by atoms with Gasteiger partial charge in [0, 0.05) is 6.42 Å². The molecule has 0 heterocycles. The largest absolute Gasteiger partial charge is 0.466 e. The summed E-state index contributed by atoms with van der Waals surface area (Å²) < 4.78 is 5.10. The standard InChI is InChI=1S/C27H41NO8/c29-22(15-14-21-10-4-3-5-11-21)16-17-24-23(25(30)20-26(24)31)12-6-1-2-7-13-27(32)35-18-8-9-19-36-28(33)34/h1,3-6,10-11,22-26,29-31H,2,7-9,12-20H2/t22-,23+,24+,25-,26+/m0/s1. The van der Waals surface area contributed by atoms with Crippen LogP contribution in [0, 0.1) is 22.0 Å². The van der Waals surface area contributed by atoms with Crippen molar-refractivity contribution < 1.29 is 34.8 Å². The quantitative estimate of drug-likeness (QED) is 0.0897. The number of aryl methyl sites for hydroxylation is 1. The number of hydrogen-bond acceptors (Lipinski definition) is 8. The van der Waals surface area contributed by atoms with E-state index in [2.05, 4.69) is 17.0 Å². The molecule has 0 radical (unpaired) electrons. The minimum atomic E-state index is -0.839. The van der Waals surface area contributed by atoms with Gasteiger partial charge < -0.3 is 24.9 Å². The molecular formula is C27H41NO8. The van der Waals surface area contributed by atoms with Gasteiger partial charge in [0.05, 0.1) is 31.5 Å². The lowest BCUT2D eigenvalue weighted by Crippen LogP contribution is -2.23. The van der Waals surface area contributed by atoms with Crippen molar-refractivity contribution >= 4 is 5.97 Å². The highest BCUT2D eigenvalue weighted by Crippen LogP contribution is 2.38. The van der Waals surface area contributed by atoms with Gasteiger partial charge in [-0.05, 0) is 81.6 Å². The maximum Gasteiger partial charge on any atom is 0.305 e. The summed E-state index contributed by atoms with van der Waals surface area (Å²) in [6.07, 6.45) is 8.87. The SMILES string of the molecule is O=C(CCCC=CC[C@@H]1[C@@H](CC[C@@H](O)CCc2ccccc2)[C@H](O)C[C@@H]1O)OCCCCO[N+](=O)[O-]. The van der Waals surface area contributed by atoms with Gasteiger partial charge in [-0.15, -0.1) is 10.1 Å². The summed E-state index contributed by atoms with van der Waals surface area (Å²) in [6.45, 7) is 0.220. The molecule has 9 heteroatoms. The molecule has 1 saturated carbocycles. The molecule has 0 saturated heterocycles. The van der Waals surface area contributed by atoms with Crippen molar-refractivity contribution in [3.8, 4) is 0 Å². The summed E-state index contributed by atoms with van der Waals surface area (Å²) in [5, 5.41) is 40.5. The lowest BCUT2D eigenvalue weighted by atomic mass is 9.85. The topological polar surface area (TPSA) is 139 Å². The molecule has 3 N–H and O–H groups in total. The van der Waals surface area contributed by atoms with Gasteiger partial charge in [-0.3, -0.25) is 4.79 Å². The number of rotatable bonds is 18. The number of esters is 1. The number of ether oxygens (including phenoxy) is 1. The molecular weight excluding hydrogens is 466 g/mol. The molecule has 0 amide bonds. The average Bonchev–Trinajstić information content (AvgIpc) is 3.12. The number of carbonyl (C=O) groups is 1. The van der Waals surface area contributed by atoms with Crippen LogP contribution in [0.3, 0.4) is 0 Å². The Hall–Kier alpha value is -2.49. The average molecular weight is 508 g/mol. The Kier molecular flexibility index (Phi) is 14.1. The van der Waals surface area contributed by atoms with Crippen molar-refractivity contribution in [3.05, 3.63) is 58.2 Å². The summed E-state index contributed by atoms with van der Waals surface area (Å²) in [7, 11) is 0. The Bertz CT molecular complexity index is 787. The summed E-state index contributed by atoms with van der Waals surface area (Å²) in [5.41, 5.74) is 1.20. The van der Waals surface area contributed by atoms with E-state index in [1.165, 1.54) is 5.56 Å². The van der Waals surface area contributed by atoms with Gasteiger partial charge in [0.25, 0.3) is 5.09 Å². The first-order valence-corrected chi connectivity index (χ1v) is 13.0. The number of aliphatic hydroxyl groups is 3. The number of nitrogens with zero attached hydrogens (tertiary/aromatic N) is 1. The zero-order valence-corrected chi connectivity index (χ0v) is 21.0. The van der Waals surface area contributed by atoms with Gasteiger partial charge in [-0.1, -0.05) is 42.5 Å². The third-order valence-electron chi connectivity index (χ3n) is 6.79. The van der Waals surface area contributed by atoms with Crippen molar-refractivity contribution in [1.29, 1.82) is 0 Å². The van der Waals surface area contributed by atoms with Crippen LogP contribution >= 0.6 is 0 Å². The first-order chi connectivity index (χ1) is 17.4. The fourth-order valence-electron chi connectivity index (χ4n) is 4.75. The Balaban J connectivity index is 1.60. The van der Waals surface area contributed by atoms with Crippen molar-refractivity contribution in [2.24, 2.45) is 11.8 Å². The second-order valence-electron chi connectivity index (χ2n) is 9.54. The fourth-order valence-corrected chi connectivity index (χ4v) is 4.75. The van der Waals surface area contributed by atoms with E-state index in [9.17, 15) is 30.2 Å². The molecule has 5 atom stereocenters. The Labute approximate surface area is 213 Å². The third kappa shape index (κ3) is 12.0. The third-order valence-corrected chi connectivity index (χ3v) is 6.79. The van der Waals surface area contributed by atoms with Crippen LogP contribution in [-0.2, 0) is 20.8 Å². The van der Waals surface area contributed by atoms with E-state index in [4.69, 9.17) is 4.74 Å². The van der Waals surface area contributed by atoms with E-state index >= 15 is 0 Å². The molecule has 1 aromatic carbocycles. The molecule has 2 rings (SSSR count). The van der Waals surface area contributed by atoms with E-state index in [-0.39, 0.29) is 31.0 Å². The highest BCUT2D eigenvalue weighted by atomic mass is 16.9. The predicted molar refractivity (Wildman–Crippen MR) is 134 cm³/mol. The molecule has 1 aromatic rings. The number of hydrogen-bond donors (Lipinski definition) is 3. The van der Waals surface area contributed by atoms with Gasteiger partial charge in [0.1, 0.15) is 0 Å². The normalized spacial score (nSPS) is 22.5. The van der Waals surface area contributed by atoms with Crippen molar-refractivity contribution in [2.45, 2.75) is 88.9 Å². The molecule has 202 valence electrons. The zero-order valence-electron chi connectivity index (χ0n) is 21.0. The molecule has 0 aromatic heterocycles. The molecule has 9 nitrogen and oxygen atoms in total. The maximum atomic E-state index is 11.7. The Morgan fingerprint density at radius 2 is 1.78 bits per heavy atom. The predicted octanol–water partition coefficient (Wildman–Crippen LogP) is 3.77. The molecule has 1 fully saturated rings. The van der Waals surface area contributed by atoms with Crippen LogP contribution < -0.4 is 0 Å². The van der Waals surface area contributed by atoms with E-state index in [1.54, 1.807) is 0 Å². The second kappa shape index (κ2) is 17.1.